The second kappa shape index (κ2) is 11.9. The number of para-hydroxylation sites is 2. The summed E-state index contributed by atoms with van der Waals surface area (Å²) in [7, 11) is 0. The van der Waals surface area contributed by atoms with Crippen molar-refractivity contribution in [2.24, 2.45) is 0 Å². The van der Waals surface area contributed by atoms with Crippen molar-refractivity contribution in [3.05, 3.63) is 176 Å². The van der Waals surface area contributed by atoms with Crippen LogP contribution in [0.5, 0.6) is 0 Å². The molecule has 1 unspecified atom stereocenters. The maximum absolute atomic E-state index is 3.68. The van der Waals surface area contributed by atoms with E-state index in [4.69, 9.17) is 0 Å². The largest absolute Gasteiger partial charge is 0.363 e. The van der Waals surface area contributed by atoms with Gasteiger partial charge in [0, 0.05) is 5.69 Å². The molecule has 0 radical (unpaired) electrons. The van der Waals surface area contributed by atoms with Crippen LogP contribution in [0.25, 0.3) is 77.5 Å². The van der Waals surface area contributed by atoms with Crippen LogP contribution < -0.4 is 10.2 Å². The van der Waals surface area contributed by atoms with Gasteiger partial charge in [0.05, 0.1) is 11.4 Å². The third-order valence-electron chi connectivity index (χ3n) is 10.8. The van der Waals surface area contributed by atoms with E-state index in [1.165, 1.54) is 94.6 Å². The molecule has 8 aromatic carbocycles. The smallest absolute Gasteiger partial charge is 0.104 e. The molecule has 0 saturated heterocycles. The number of benzene rings is 8. The van der Waals surface area contributed by atoms with Crippen molar-refractivity contribution in [3.63, 3.8) is 0 Å². The van der Waals surface area contributed by atoms with Gasteiger partial charge in [0.1, 0.15) is 6.17 Å². The molecule has 51 heavy (non-hydrogen) atoms. The number of nitrogens with zero attached hydrogens (tertiary/aromatic N) is 1. The monoisotopic (exact) mass is 652 g/mol. The summed E-state index contributed by atoms with van der Waals surface area (Å²) in [4.78, 5) is 2.42. The summed E-state index contributed by atoms with van der Waals surface area (Å²) in [6.07, 6.45) is 1.26. The first-order valence-corrected chi connectivity index (χ1v) is 18.0. The minimum Gasteiger partial charge on any atom is -0.363 e. The first kappa shape index (κ1) is 29.5. The zero-order valence-electron chi connectivity index (χ0n) is 28.5. The highest BCUT2D eigenvalue weighted by Crippen LogP contribution is 2.57. The highest BCUT2D eigenvalue weighted by Gasteiger charge is 2.30. The average molecular weight is 653 g/mol. The van der Waals surface area contributed by atoms with E-state index in [9.17, 15) is 0 Å². The van der Waals surface area contributed by atoms with Gasteiger partial charge in [-0.15, -0.1) is 0 Å². The Morgan fingerprint density at radius 2 is 1.00 bits per heavy atom. The Morgan fingerprint density at radius 3 is 1.69 bits per heavy atom. The van der Waals surface area contributed by atoms with E-state index in [0.29, 0.717) is 0 Å². The number of rotatable bonds is 6. The van der Waals surface area contributed by atoms with Gasteiger partial charge in [0.15, 0.2) is 0 Å². The molecule has 1 heterocycles. The van der Waals surface area contributed by atoms with Crippen molar-refractivity contribution >= 4 is 27.8 Å². The zero-order valence-corrected chi connectivity index (χ0v) is 28.5. The molecule has 1 aliphatic heterocycles. The molecule has 8 aromatic rings. The molecule has 2 nitrogen and oxygen atoms in total. The van der Waals surface area contributed by atoms with Gasteiger partial charge in [-0.05, 0) is 114 Å². The molecular weight excluding hydrogens is 617 g/mol. The Labute approximate surface area is 299 Å². The third kappa shape index (κ3) is 4.71. The van der Waals surface area contributed by atoms with Crippen LogP contribution in [0.4, 0.5) is 17.1 Å². The van der Waals surface area contributed by atoms with E-state index < -0.39 is 0 Å². The second-order valence-corrected chi connectivity index (χ2v) is 13.6. The van der Waals surface area contributed by atoms with Gasteiger partial charge in [0.25, 0.3) is 0 Å². The minimum atomic E-state index is 0.249. The van der Waals surface area contributed by atoms with Crippen molar-refractivity contribution in [2.45, 2.75) is 19.5 Å². The lowest BCUT2D eigenvalue weighted by molar-refractivity contribution is 0.728. The first-order chi connectivity index (χ1) is 25.3. The molecule has 0 spiro atoms. The van der Waals surface area contributed by atoms with Gasteiger partial charge in [0.2, 0.25) is 0 Å². The van der Waals surface area contributed by atoms with Crippen LogP contribution in [0.1, 0.15) is 13.3 Å². The molecule has 242 valence electrons. The van der Waals surface area contributed by atoms with Crippen molar-refractivity contribution in [1.29, 1.82) is 0 Å². The van der Waals surface area contributed by atoms with Crippen molar-refractivity contribution in [1.82, 2.24) is 0 Å². The molecule has 0 bridgehead atoms. The van der Waals surface area contributed by atoms with Crippen LogP contribution in [-0.4, -0.2) is 6.17 Å². The van der Waals surface area contributed by atoms with E-state index in [2.05, 4.69) is 193 Å². The standard InChI is InChI=1S/C49H36N2/c1-2-45-50-43-21-9-10-22-44(43)51(45)38-29-27-33(28-30-38)32-23-25-35(26-24-32)41-31-42(34-13-5-3-6-14-34)48-39-19-11-17-36-18-12-20-40(46(36)39)49(48)47(41)37-15-7-4-8-16-37/h3-31,45,50H,2H2,1H3. The molecule has 1 N–H and O–H groups in total. The SMILES string of the molecule is CCC1Nc2ccccc2N1c1ccc(-c2ccc(-c3cc(-c4ccccc4)c4c(c3-c3ccccc3)-c3cccc5cccc-4c35)cc2)cc1. The molecule has 1 aliphatic carbocycles. The highest BCUT2D eigenvalue weighted by molar-refractivity contribution is 6.22. The van der Waals surface area contributed by atoms with E-state index in [1.807, 2.05) is 0 Å². The fraction of sp³-hybridized carbons (Fsp3) is 0.0612. The van der Waals surface area contributed by atoms with Crippen molar-refractivity contribution < 1.29 is 0 Å². The van der Waals surface area contributed by atoms with E-state index in [0.717, 1.165) is 6.42 Å². The van der Waals surface area contributed by atoms with Crippen molar-refractivity contribution in [2.75, 3.05) is 10.2 Å². The first-order valence-electron chi connectivity index (χ1n) is 18.0. The van der Waals surface area contributed by atoms with E-state index in [1.54, 1.807) is 0 Å². The zero-order chi connectivity index (χ0) is 33.9. The Bertz CT molecular complexity index is 2560. The molecule has 2 heteroatoms. The Kier molecular flexibility index (Phi) is 6.89. The summed E-state index contributed by atoms with van der Waals surface area (Å²) in [5.74, 6) is 0. The molecule has 0 saturated carbocycles. The lowest BCUT2D eigenvalue weighted by Gasteiger charge is -2.26. The van der Waals surface area contributed by atoms with Crippen LogP contribution in [-0.2, 0) is 0 Å². The molecule has 10 rings (SSSR count). The van der Waals surface area contributed by atoms with Crippen LogP contribution in [0.2, 0.25) is 0 Å². The van der Waals surface area contributed by atoms with Crippen LogP contribution in [0, 0.1) is 0 Å². The van der Waals surface area contributed by atoms with Gasteiger partial charge < -0.3 is 10.2 Å². The maximum Gasteiger partial charge on any atom is 0.104 e. The summed E-state index contributed by atoms with van der Waals surface area (Å²) in [5, 5.41) is 6.31. The number of hydrogen-bond donors (Lipinski definition) is 1. The Hall–Kier alpha value is -6.38. The van der Waals surface area contributed by atoms with Gasteiger partial charge in [-0.25, -0.2) is 0 Å². The Morgan fingerprint density at radius 1 is 0.451 bits per heavy atom. The fourth-order valence-corrected chi connectivity index (χ4v) is 8.45. The lowest BCUT2D eigenvalue weighted by atomic mass is 9.82. The van der Waals surface area contributed by atoms with Crippen LogP contribution >= 0.6 is 0 Å². The molecule has 1 atom stereocenters. The highest BCUT2D eigenvalue weighted by atomic mass is 15.3. The van der Waals surface area contributed by atoms with Crippen LogP contribution in [0.15, 0.2) is 176 Å². The molecule has 0 fully saturated rings. The topological polar surface area (TPSA) is 15.3 Å². The lowest BCUT2D eigenvalue weighted by Crippen LogP contribution is -2.30. The number of anilines is 3. The van der Waals surface area contributed by atoms with E-state index in [-0.39, 0.29) is 6.17 Å². The summed E-state index contributed by atoms with van der Waals surface area (Å²) in [6.45, 7) is 2.23. The van der Waals surface area contributed by atoms with Gasteiger partial charge in [-0.3, -0.25) is 0 Å². The summed E-state index contributed by atoms with van der Waals surface area (Å²) in [5.41, 5.74) is 18.8. The normalized spacial score (nSPS) is 14.0. The van der Waals surface area contributed by atoms with Gasteiger partial charge in [-0.1, -0.05) is 153 Å². The molecule has 2 aliphatic rings. The van der Waals surface area contributed by atoms with Crippen LogP contribution in [0.3, 0.4) is 0 Å². The number of fused-ring (bicyclic) bond motifs is 4. The van der Waals surface area contributed by atoms with Crippen molar-refractivity contribution in [3.8, 4) is 66.8 Å². The Balaban J connectivity index is 1.11. The predicted octanol–water partition coefficient (Wildman–Crippen LogP) is 13.5. The second-order valence-electron chi connectivity index (χ2n) is 13.6. The molecule has 0 amide bonds. The molecule has 0 aromatic heterocycles. The minimum absolute atomic E-state index is 0.249. The average Bonchev–Trinajstić information content (AvgIpc) is 3.75. The summed E-state index contributed by atoms with van der Waals surface area (Å²) >= 11 is 0. The fourth-order valence-electron chi connectivity index (χ4n) is 8.45. The summed E-state index contributed by atoms with van der Waals surface area (Å²) in [6, 6.07) is 64.6. The predicted molar refractivity (Wildman–Crippen MR) is 216 cm³/mol. The van der Waals surface area contributed by atoms with Gasteiger partial charge >= 0.3 is 0 Å². The third-order valence-corrected chi connectivity index (χ3v) is 10.8. The quantitative estimate of drug-likeness (QED) is 0.192. The maximum atomic E-state index is 3.68. The molecular formula is C49H36N2. The number of hydrogen-bond acceptors (Lipinski definition) is 2. The number of nitrogens with one attached hydrogen (secondary N) is 1. The summed E-state index contributed by atoms with van der Waals surface area (Å²) < 4.78 is 0. The van der Waals surface area contributed by atoms with E-state index >= 15 is 0 Å². The van der Waals surface area contributed by atoms with Gasteiger partial charge in [-0.2, -0.15) is 0 Å².